The van der Waals surface area contributed by atoms with Crippen LogP contribution in [0.15, 0.2) is 18.3 Å². The lowest BCUT2D eigenvalue weighted by Crippen LogP contribution is -2.45. The molecule has 1 aromatic carbocycles. The minimum Gasteiger partial charge on any atom is -0.444 e. The fraction of sp³-hybridized carbons (Fsp3) is 0.619. The molecule has 0 spiro atoms. The van der Waals surface area contributed by atoms with Gasteiger partial charge in [-0.1, -0.05) is 25.4 Å². The molecule has 7 heteroatoms. The summed E-state index contributed by atoms with van der Waals surface area (Å²) >= 11 is 6.26. The second kappa shape index (κ2) is 7.56. The summed E-state index contributed by atoms with van der Waals surface area (Å²) in [6, 6.07) is 3.65. The summed E-state index contributed by atoms with van der Waals surface area (Å²) in [7, 11) is 0. The molecule has 1 aromatic heterocycles. The molecule has 1 aliphatic heterocycles. The number of halogens is 1. The summed E-state index contributed by atoms with van der Waals surface area (Å²) < 4.78 is 5.48. The van der Waals surface area contributed by atoms with Crippen molar-refractivity contribution in [1.29, 1.82) is 0 Å². The highest BCUT2D eigenvalue weighted by atomic mass is 35.5. The first-order valence-electron chi connectivity index (χ1n) is 9.77. The van der Waals surface area contributed by atoms with E-state index < -0.39 is 11.7 Å². The van der Waals surface area contributed by atoms with E-state index in [1.165, 1.54) is 0 Å². The fourth-order valence-electron chi connectivity index (χ4n) is 4.02. The average Bonchev–Trinajstić information content (AvgIpc) is 3.07. The van der Waals surface area contributed by atoms with Crippen LogP contribution in [0.25, 0.3) is 10.9 Å². The van der Waals surface area contributed by atoms with Gasteiger partial charge in [-0.3, -0.25) is 5.10 Å². The standard InChI is InChI=1S/C21H30ClN3O3/c1-20(2,3)28-19(27)25-8-6-14(7-9-25)21(4,5)18(26)16-11-15(22)10-13-12-23-24-17(13)16/h10-12,14,18,26H,6-9H2,1-5H3,(H,23,24)/t18-/m0/s1. The minimum atomic E-state index is -0.702. The highest BCUT2D eigenvalue weighted by Crippen LogP contribution is 2.46. The van der Waals surface area contributed by atoms with E-state index >= 15 is 0 Å². The Hall–Kier alpha value is -1.79. The quantitative estimate of drug-likeness (QED) is 0.756. The molecule has 0 aliphatic carbocycles. The smallest absolute Gasteiger partial charge is 0.410 e. The van der Waals surface area contributed by atoms with Gasteiger partial charge in [0.05, 0.1) is 17.8 Å². The second-order valence-electron chi connectivity index (χ2n) is 9.29. The van der Waals surface area contributed by atoms with E-state index in [-0.39, 0.29) is 17.4 Å². The Morgan fingerprint density at radius 3 is 2.54 bits per heavy atom. The Bertz CT molecular complexity index is 848. The van der Waals surface area contributed by atoms with Crippen LogP contribution in [0.3, 0.4) is 0 Å². The van der Waals surface area contributed by atoms with Gasteiger partial charge in [-0.25, -0.2) is 4.79 Å². The number of piperidine rings is 1. The summed E-state index contributed by atoms with van der Waals surface area (Å²) in [6.45, 7) is 11.0. The van der Waals surface area contributed by atoms with Crippen LogP contribution in [-0.2, 0) is 4.74 Å². The van der Waals surface area contributed by atoms with Gasteiger partial charge in [0.25, 0.3) is 0 Å². The molecule has 6 nitrogen and oxygen atoms in total. The first kappa shape index (κ1) is 20.9. The van der Waals surface area contributed by atoms with Gasteiger partial charge in [0.2, 0.25) is 0 Å². The number of hydrogen-bond acceptors (Lipinski definition) is 4. The molecule has 2 N–H and O–H groups in total. The van der Waals surface area contributed by atoms with E-state index in [2.05, 4.69) is 24.0 Å². The number of H-pyrrole nitrogens is 1. The third kappa shape index (κ3) is 4.28. The number of amides is 1. The van der Waals surface area contributed by atoms with E-state index in [4.69, 9.17) is 16.3 Å². The van der Waals surface area contributed by atoms with E-state index in [0.29, 0.717) is 18.1 Å². The van der Waals surface area contributed by atoms with Crippen molar-refractivity contribution in [2.45, 2.75) is 59.2 Å². The molecule has 1 aliphatic rings. The number of rotatable bonds is 3. The zero-order chi connectivity index (χ0) is 20.7. The van der Waals surface area contributed by atoms with Gasteiger partial charge >= 0.3 is 6.09 Å². The molecule has 1 fully saturated rings. The van der Waals surface area contributed by atoms with E-state index in [9.17, 15) is 9.90 Å². The minimum absolute atomic E-state index is 0.262. The van der Waals surface area contributed by atoms with Gasteiger partial charge in [-0.15, -0.1) is 0 Å². The van der Waals surface area contributed by atoms with E-state index in [1.54, 1.807) is 11.1 Å². The number of aliphatic hydroxyl groups excluding tert-OH is 1. The van der Waals surface area contributed by atoms with Crippen LogP contribution in [0.5, 0.6) is 0 Å². The number of likely N-dealkylation sites (tertiary alicyclic amines) is 1. The van der Waals surface area contributed by atoms with Gasteiger partial charge in [-0.2, -0.15) is 5.10 Å². The van der Waals surface area contributed by atoms with Crippen LogP contribution < -0.4 is 0 Å². The summed E-state index contributed by atoms with van der Waals surface area (Å²) in [5.74, 6) is 0.262. The average molecular weight is 408 g/mol. The molecule has 2 aromatic rings. The Labute approximate surface area is 171 Å². The number of carbonyl (C=O) groups excluding carboxylic acids is 1. The number of benzene rings is 1. The van der Waals surface area contributed by atoms with Gasteiger partial charge in [0.15, 0.2) is 0 Å². The molecule has 0 unspecified atom stereocenters. The predicted octanol–water partition coefficient (Wildman–Crippen LogP) is 4.92. The maximum atomic E-state index is 12.3. The van der Waals surface area contributed by atoms with Crippen molar-refractivity contribution in [3.05, 3.63) is 28.9 Å². The molecule has 1 atom stereocenters. The number of nitrogens with one attached hydrogen (secondary N) is 1. The Balaban J connectivity index is 1.73. The summed E-state index contributed by atoms with van der Waals surface area (Å²) in [4.78, 5) is 14.1. The second-order valence-corrected chi connectivity index (χ2v) is 9.73. The first-order valence-corrected chi connectivity index (χ1v) is 10.2. The molecule has 1 amide bonds. The van der Waals surface area contributed by atoms with Crippen molar-refractivity contribution in [1.82, 2.24) is 15.1 Å². The molecule has 0 radical (unpaired) electrons. The lowest BCUT2D eigenvalue weighted by Gasteiger charge is -2.43. The molecule has 3 rings (SSSR count). The van der Waals surface area contributed by atoms with E-state index in [1.807, 2.05) is 32.9 Å². The van der Waals surface area contributed by atoms with Crippen LogP contribution >= 0.6 is 11.6 Å². The highest BCUT2D eigenvalue weighted by Gasteiger charge is 2.40. The summed E-state index contributed by atoms with van der Waals surface area (Å²) in [5, 5.41) is 19.8. The van der Waals surface area contributed by atoms with Gasteiger partial charge < -0.3 is 14.7 Å². The fourth-order valence-corrected chi connectivity index (χ4v) is 4.25. The third-order valence-corrected chi connectivity index (χ3v) is 5.96. The molecule has 154 valence electrons. The van der Waals surface area contributed by atoms with Crippen molar-refractivity contribution < 1.29 is 14.6 Å². The van der Waals surface area contributed by atoms with Crippen molar-refractivity contribution in [2.24, 2.45) is 11.3 Å². The Kier molecular flexibility index (Phi) is 5.65. The summed E-state index contributed by atoms with van der Waals surface area (Å²) in [6.07, 6.45) is 2.38. The Morgan fingerprint density at radius 1 is 1.29 bits per heavy atom. The lowest BCUT2D eigenvalue weighted by molar-refractivity contribution is -0.0254. The number of carbonyl (C=O) groups is 1. The third-order valence-electron chi connectivity index (χ3n) is 5.74. The zero-order valence-corrected chi connectivity index (χ0v) is 18.0. The number of aromatic nitrogens is 2. The first-order chi connectivity index (χ1) is 13.0. The monoisotopic (exact) mass is 407 g/mol. The van der Waals surface area contributed by atoms with Crippen molar-refractivity contribution in [3.8, 4) is 0 Å². The number of fused-ring (bicyclic) bond motifs is 1. The maximum absolute atomic E-state index is 12.3. The molecular formula is C21H30ClN3O3. The van der Waals surface area contributed by atoms with Crippen LogP contribution in [0.2, 0.25) is 5.02 Å². The van der Waals surface area contributed by atoms with Crippen LogP contribution in [0, 0.1) is 11.3 Å². The number of ether oxygens (including phenoxy) is 1. The van der Waals surface area contributed by atoms with Gasteiger partial charge in [-0.05, 0) is 57.1 Å². The molecule has 0 saturated carbocycles. The van der Waals surface area contributed by atoms with Crippen LogP contribution in [0.1, 0.15) is 59.1 Å². The van der Waals surface area contributed by atoms with Crippen molar-refractivity contribution >= 4 is 28.6 Å². The molecule has 2 heterocycles. The number of aliphatic hydroxyl groups is 1. The summed E-state index contributed by atoms with van der Waals surface area (Å²) in [5.41, 5.74) is 0.699. The molecular weight excluding hydrogens is 378 g/mol. The number of aromatic amines is 1. The van der Waals surface area contributed by atoms with Crippen molar-refractivity contribution in [3.63, 3.8) is 0 Å². The predicted molar refractivity (Wildman–Crippen MR) is 110 cm³/mol. The zero-order valence-electron chi connectivity index (χ0n) is 17.3. The number of hydrogen-bond donors (Lipinski definition) is 2. The molecule has 0 bridgehead atoms. The molecule has 1 saturated heterocycles. The topological polar surface area (TPSA) is 78.4 Å². The normalized spacial score (nSPS) is 17.8. The lowest BCUT2D eigenvalue weighted by atomic mass is 9.68. The SMILES string of the molecule is CC(C)(C)OC(=O)N1CCC(C(C)(C)[C@@H](O)c2cc(Cl)cc3cn[nH]c23)CC1. The van der Waals surface area contributed by atoms with Gasteiger partial charge in [0.1, 0.15) is 5.60 Å². The van der Waals surface area contributed by atoms with Crippen molar-refractivity contribution in [2.75, 3.05) is 13.1 Å². The maximum Gasteiger partial charge on any atom is 0.410 e. The van der Waals surface area contributed by atoms with Crippen LogP contribution in [0.4, 0.5) is 4.79 Å². The van der Waals surface area contributed by atoms with Gasteiger partial charge in [0, 0.05) is 29.1 Å². The molecule has 28 heavy (non-hydrogen) atoms. The number of nitrogens with zero attached hydrogens (tertiary/aromatic N) is 2. The van der Waals surface area contributed by atoms with Crippen LogP contribution in [-0.4, -0.2) is 45.0 Å². The van der Waals surface area contributed by atoms with E-state index in [0.717, 1.165) is 29.3 Å². The Morgan fingerprint density at radius 2 is 1.93 bits per heavy atom. The largest absolute Gasteiger partial charge is 0.444 e. The highest BCUT2D eigenvalue weighted by molar-refractivity contribution is 6.31.